The first-order valence-corrected chi connectivity index (χ1v) is 10.0. The summed E-state index contributed by atoms with van der Waals surface area (Å²) >= 11 is 0. The number of Topliss-reactive ketones (excluding diaryl/α,β-unsaturated/α-hetero) is 1. The highest BCUT2D eigenvalue weighted by Crippen LogP contribution is 2.27. The van der Waals surface area contributed by atoms with Gasteiger partial charge in [-0.1, -0.05) is 33.8 Å². The minimum Gasteiger partial charge on any atom is -0.493 e. The molecule has 7 nitrogen and oxygen atoms in total. The average molecular weight is 406 g/mol. The lowest BCUT2D eigenvalue weighted by molar-refractivity contribution is -0.121. The molecule has 1 aromatic carbocycles. The number of hydrogen-bond acceptors (Lipinski definition) is 5. The van der Waals surface area contributed by atoms with E-state index in [1.54, 1.807) is 25.3 Å². The van der Waals surface area contributed by atoms with E-state index in [1.807, 2.05) is 13.8 Å². The van der Waals surface area contributed by atoms with Crippen LogP contribution in [0.5, 0.6) is 11.5 Å². The van der Waals surface area contributed by atoms with Gasteiger partial charge in [-0.3, -0.25) is 14.9 Å². The molecule has 0 saturated carbocycles. The van der Waals surface area contributed by atoms with Gasteiger partial charge in [0.05, 0.1) is 20.6 Å². The quantitative estimate of drug-likeness (QED) is 0.435. The molecule has 0 aliphatic rings. The van der Waals surface area contributed by atoms with E-state index in [4.69, 9.17) is 15.2 Å². The zero-order valence-electron chi connectivity index (χ0n) is 18.5. The number of ketones is 1. The molecule has 0 aliphatic heterocycles. The van der Waals surface area contributed by atoms with Crippen LogP contribution in [0.1, 0.15) is 52.5 Å². The Kier molecular flexibility index (Phi) is 10.2. The third kappa shape index (κ3) is 8.98. The standard InChI is InChI=1S/C22H35N3O4/c1-14(2)7-9-18(26)17(11-15(3)4)24-22(23)25-21(27)13-16-8-10-19(28-5)20(12-16)29-6/h8,10,12,14-15,17H,7,9,11,13H2,1-6H3,(H3,23,24,25,27)/t17-/m1/s1. The minimum absolute atomic E-state index is 0.0287. The van der Waals surface area contributed by atoms with Crippen LogP contribution in [0.4, 0.5) is 0 Å². The van der Waals surface area contributed by atoms with Gasteiger partial charge in [-0.25, -0.2) is 4.99 Å². The number of guanidine groups is 1. The fourth-order valence-electron chi connectivity index (χ4n) is 2.86. The number of nitrogens with two attached hydrogens (primary N) is 1. The van der Waals surface area contributed by atoms with Gasteiger partial charge in [0.2, 0.25) is 5.91 Å². The first-order chi connectivity index (χ1) is 13.7. The molecule has 29 heavy (non-hydrogen) atoms. The van der Waals surface area contributed by atoms with Crippen molar-refractivity contribution in [1.29, 1.82) is 0 Å². The van der Waals surface area contributed by atoms with Gasteiger partial charge in [-0.15, -0.1) is 0 Å². The van der Waals surface area contributed by atoms with E-state index in [-0.39, 0.29) is 24.1 Å². The first kappa shape index (κ1) is 24.5. The number of rotatable bonds is 11. The molecule has 1 rings (SSSR count). The fraction of sp³-hybridized carbons (Fsp3) is 0.591. The summed E-state index contributed by atoms with van der Waals surface area (Å²) in [6.45, 7) is 8.22. The van der Waals surface area contributed by atoms with E-state index >= 15 is 0 Å². The minimum atomic E-state index is -0.532. The fourth-order valence-corrected chi connectivity index (χ4v) is 2.86. The van der Waals surface area contributed by atoms with Gasteiger partial charge in [-0.05, 0) is 42.4 Å². The van der Waals surface area contributed by atoms with Crippen LogP contribution in [0.2, 0.25) is 0 Å². The van der Waals surface area contributed by atoms with E-state index in [0.717, 1.165) is 12.0 Å². The van der Waals surface area contributed by atoms with Gasteiger partial charge in [-0.2, -0.15) is 0 Å². The number of nitrogens with zero attached hydrogens (tertiary/aromatic N) is 1. The molecule has 3 N–H and O–H groups in total. The van der Waals surface area contributed by atoms with Gasteiger partial charge in [0.1, 0.15) is 6.04 Å². The van der Waals surface area contributed by atoms with Crippen molar-refractivity contribution in [2.24, 2.45) is 22.6 Å². The maximum absolute atomic E-state index is 12.5. The number of nitrogens with one attached hydrogen (secondary N) is 1. The predicted octanol–water partition coefficient (Wildman–Crippen LogP) is 3.10. The van der Waals surface area contributed by atoms with Crippen molar-refractivity contribution in [3.63, 3.8) is 0 Å². The molecule has 0 bridgehead atoms. The molecule has 1 atom stereocenters. The zero-order valence-corrected chi connectivity index (χ0v) is 18.5. The number of aliphatic imine (C=N–C) groups is 1. The van der Waals surface area contributed by atoms with Crippen LogP contribution in [0.25, 0.3) is 0 Å². The maximum Gasteiger partial charge on any atom is 0.231 e. The lowest BCUT2D eigenvalue weighted by atomic mass is 9.96. The monoisotopic (exact) mass is 405 g/mol. The van der Waals surface area contributed by atoms with Gasteiger partial charge >= 0.3 is 0 Å². The number of hydrogen-bond donors (Lipinski definition) is 2. The van der Waals surface area contributed by atoms with Crippen LogP contribution < -0.4 is 20.5 Å². The van der Waals surface area contributed by atoms with E-state index in [2.05, 4.69) is 24.2 Å². The summed E-state index contributed by atoms with van der Waals surface area (Å²) in [5, 5.41) is 2.58. The van der Waals surface area contributed by atoms with E-state index in [1.165, 1.54) is 7.11 Å². The van der Waals surface area contributed by atoms with Crippen molar-refractivity contribution in [3.05, 3.63) is 23.8 Å². The molecule has 0 spiro atoms. The number of carbonyl (C=O) groups excluding carboxylic acids is 2. The molecular formula is C22H35N3O4. The Morgan fingerprint density at radius 1 is 1.07 bits per heavy atom. The molecule has 0 radical (unpaired) electrons. The summed E-state index contributed by atoms with van der Waals surface area (Å²) < 4.78 is 10.4. The summed E-state index contributed by atoms with van der Waals surface area (Å²) in [6.07, 6.45) is 1.98. The van der Waals surface area contributed by atoms with Crippen LogP contribution in [-0.2, 0) is 16.0 Å². The highest BCUT2D eigenvalue weighted by atomic mass is 16.5. The van der Waals surface area contributed by atoms with Crippen molar-refractivity contribution < 1.29 is 19.1 Å². The third-order valence-electron chi connectivity index (χ3n) is 4.41. The molecule has 162 valence electrons. The highest BCUT2D eigenvalue weighted by molar-refractivity contribution is 5.98. The van der Waals surface area contributed by atoms with Crippen molar-refractivity contribution in [2.75, 3.05) is 14.2 Å². The number of methoxy groups -OCH3 is 2. The number of benzene rings is 1. The zero-order chi connectivity index (χ0) is 22.0. The van der Waals surface area contributed by atoms with Gasteiger partial charge in [0.25, 0.3) is 0 Å². The molecule has 7 heteroatoms. The van der Waals surface area contributed by atoms with E-state index < -0.39 is 6.04 Å². The van der Waals surface area contributed by atoms with E-state index in [9.17, 15) is 9.59 Å². The van der Waals surface area contributed by atoms with Crippen LogP contribution in [0, 0.1) is 11.8 Å². The molecule has 0 saturated heterocycles. The normalized spacial score (nSPS) is 12.8. The topological polar surface area (TPSA) is 103 Å². The molecule has 0 unspecified atom stereocenters. The van der Waals surface area contributed by atoms with Crippen molar-refractivity contribution in [2.45, 2.75) is 59.4 Å². The second-order valence-electron chi connectivity index (χ2n) is 7.97. The van der Waals surface area contributed by atoms with Crippen molar-refractivity contribution in [1.82, 2.24) is 5.32 Å². The van der Waals surface area contributed by atoms with Crippen LogP contribution in [-0.4, -0.2) is 37.9 Å². The Hall–Kier alpha value is -2.57. The molecule has 0 aromatic heterocycles. The number of carbonyl (C=O) groups is 2. The lowest BCUT2D eigenvalue weighted by Crippen LogP contribution is -2.39. The summed E-state index contributed by atoms with van der Waals surface area (Å²) in [5.74, 6) is 1.60. The van der Waals surface area contributed by atoms with Gasteiger partial charge in [0.15, 0.2) is 23.2 Å². The van der Waals surface area contributed by atoms with E-state index in [0.29, 0.717) is 36.2 Å². The molecule has 0 fully saturated rings. The smallest absolute Gasteiger partial charge is 0.231 e. The highest BCUT2D eigenvalue weighted by Gasteiger charge is 2.20. The lowest BCUT2D eigenvalue weighted by Gasteiger charge is -2.16. The van der Waals surface area contributed by atoms with Crippen LogP contribution in [0.3, 0.4) is 0 Å². The van der Waals surface area contributed by atoms with Crippen LogP contribution in [0.15, 0.2) is 23.2 Å². The number of ether oxygens (including phenoxy) is 2. The van der Waals surface area contributed by atoms with Gasteiger partial charge in [0, 0.05) is 6.42 Å². The molecule has 0 heterocycles. The Balaban J connectivity index is 2.78. The first-order valence-electron chi connectivity index (χ1n) is 10.0. The predicted molar refractivity (Wildman–Crippen MR) is 115 cm³/mol. The Labute approximate surface area is 174 Å². The summed E-state index contributed by atoms with van der Waals surface area (Å²) in [5.41, 5.74) is 6.67. The summed E-state index contributed by atoms with van der Waals surface area (Å²) in [7, 11) is 3.09. The Morgan fingerprint density at radius 2 is 1.72 bits per heavy atom. The third-order valence-corrected chi connectivity index (χ3v) is 4.41. The van der Waals surface area contributed by atoms with Crippen LogP contribution >= 0.6 is 0 Å². The summed E-state index contributed by atoms with van der Waals surface area (Å²) in [6, 6.07) is 4.73. The Bertz CT molecular complexity index is 714. The second kappa shape index (κ2) is 12.1. The SMILES string of the molecule is COc1ccc(CC(=O)NC(N)=N[C@H](CC(C)C)C(=O)CCC(C)C)cc1OC. The number of amides is 1. The summed E-state index contributed by atoms with van der Waals surface area (Å²) in [4.78, 5) is 29.2. The molecule has 1 aromatic rings. The second-order valence-corrected chi connectivity index (χ2v) is 7.97. The van der Waals surface area contributed by atoms with Crippen molar-refractivity contribution >= 4 is 17.6 Å². The Morgan fingerprint density at radius 3 is 2.28 bits per heavy atom. The molecular weight excluding hydrogens is 370 g/mol. The average Bonchev–Trinajstić information content (AvgIpc) is 2.64. The molecule has 1 amide bonds. The largest absolute Gasteiger partial charge is 0.493 e. The van der Waals surface area contributed by atoms with Crippen molar-refractivity contribution in [3.8, 4) is 11.5 Å². The molecule has 0 aliphatic carbocycles. The van der Waals surface area contributed by atoms with Gasteiger partial charge < -0.3 is 15.2 Å². The maximum atomic E-state index is 12.5.